The van der Waals surface area contributed by atoms with Crippen LogP contribution < -0.4 is 21.3 Å². The highest BCUT2D eigenvalue weighted by Crippen LogP contribution is 2.39. The van der Waals surface area contributed by atoms with Gasteiger partial charge in [-0.2, -0.15) is 16.8 Å². The predicted octanol–water partition coefficient (Wildman–Crippen LogP) is 6.66. The van der Waals surface area contributed by atoms with Gasteiger partial charge in [-0.3, -0.25) is 18.7 Å². The van der Waals surface area contributed by atoms with Crippen molar-refractivity contribution in [1.82, 2.24) is 0 Å². The summed E-state index contributed by atoms with van der Waals surface area (Å²) in [5, 5.41) is 32.1. The van der Waals surface area contributed by atoms with Gasteiger partial charge in [0.05, 0.1) is 11.4 Å². The maximum Gasteiger partial charge on any atom is 0.323 e. The Morgan fingerprint density at radius 2 is 0.852 bits per heavy atom. The van der Waals surface area contributed by atoms with Crippen LogP contribution >= 0.6 is 0 Å². The summed E-state index contributed by atoms with van der Waals surface area (Å²) in [6.45, 7) is 3.28. The molecule has 6 aromatic carbocycles. The molecule has 0 spiro atoms. The molecule has 17 heteroatoms. The summed E-state index contributed by atoms with van der Waals surface area (Å²) >= 11 is 0. The topological polar surface area (TPSA) is 249 Å². The van der Waals surface area contributed by atoms with Crippen molar-refractivity contribution in [2.75, 3.05) is 21.3 Å². The average Bonchev–Trinajstić information content (AvgIpc) is 3.11. The van der Waals surface area contributed by atoms with Gasteiger partial charge >= 0.3 is 6.03 Å². The van der Waals surface area contributed by atoms with Crippen LogP contribution in [0, 0.1) is 13.8 Å². The first-order valence-electron chi connectivity index (χ1n) is 15.8. The van der Waals surface area contributed by atoms with Gasteiger partial charge in [0.25, 0.3) is 32.1 Å². The fraction of sp³-hybridized carbons (Fsp3) is 0.0541. The minimum Gasteiger partial charge on any atom is -0.506 e. The minimum atomic E-state index is -4.86. The normalized spacial score (nSPS) is 11.6. The molecule has 6 rings (SSSR count). The number of hydrogen-bond acceptors (Lipinski definition) is 9. The van der Waals surface area contributed by atoms with E-state index in [1.807, 2.05) is 0 Å². The van der Waals surface area contributed by atoms with E-state index in [0.29, 0.717) is 21.9 Å². The first-order chi connectivity index (χ1) is 25.4. The number of nitrogens with one attached hydrogen (secondary N) is 4. The Hall–Kier alpha value is -6.53. The molecule has 54 heavy (non-hydrogen) atoms. The lowest BCUT2D eigenvalue weighted by molar-refractivity contribution is 0.101. The molecule has 4 amide bonds. The van der Waals surface area contributed by atoms with E-state index in [-0.39, 0.29) is 44.6 Å². The number of rotatable bonds is 8. The quantitative estimate of drug-likeness (QED) is 0.0600. The van der Waals surface area contributed by atoms with Crippen LogP contribution in [0.25, 0.3) is 21.5 Å². The van der Waals surface area contributed by atoms with E-state index in [2.05, 4.69) is 21.3 Å². The fourth-order valence-corrected chi connectivity index (χ4v) is 7.07. The summed E-state index contributed by atoms with van der Waals surface area (Å²) in [4.78, 5) is 38.4. The van der Waals surface area contributed by atoms with Crippen molar-refractivity contribution < 1.29 is 50.5 Å². The summed E-state index contributed by atoms with van der Waals surface area (Å²) in [6, 6.07) is 22.4. The highest BCUT2D eigenvalue weighted by atomic mass is 32.2. The Labute approximate surface area is 307 Å². The zero-order valence-electron chi connectivity index (χ0n) is 28.2. The first kappa shape index (κ1) is 37.2. The smallest absolute Gasteiger partial charge is 0.323 e. The highest BCUT2D eigenvalue weighted by Gasteiger charge is 2.24. The zero-order valence-corrected chi connectivity index (χ0v) is 29.8. The Balaban J connectivity index is 1.21. The molecule has 0 aliphatic rings. The number of fused-ring (bicyclic) bond motifs is 2. The molecular formula is C37H30N4O11S2. The number of anilines is 4. The Morgan fingerprint density at radius 1 is 0.500 bits per heavy atom. The molecule has 8 N–H and O–H groups in total. The van der Waals surface area contributed by atoms with Crippen LogP contribution in [-0.2, 0) is 20.2 Å². The number of aryl methyl sites for hydroxylation is 2. The van der Waals surface area contributed by atoms with E-state index in [9.17, 15) is 50.5 Å². The number of carbonyl (C=O) groups excluding carboxylic acids is 3. The van der Waals surface area contributed by atoms with Gasteiger partial charge in [0, 0.05) is 44.0 Å². The fourth-order valence-electron chi connectivity index (χ4n) is 5.83. The third kappa shape index (κ3) is 7.50. The number of benzene rings is 6. The van der Waals surface area contributed by atoms with Crippen molar-refractivity contribution >= 4 is 82.4 Å². The van der Waals surface area contributed by atoms with Crippen molar-refractivity contribution in [3.8, 4) is 11.5 Å². The molecule has 0 saturated heterocycles. The summed E-state index contributed by atoms with van der Waals surface area (Å²) in [6.07, 6.45) is 0. The minimum absolute atomic E-state index is 0.00629. The number of hydrogen-bond donors (Lipinski definition) is 8. The molecule has 0 heterocycles. The van der Waals surface area contributed by atoms with Crippen molar-refractivity contribution in [2.24, 2.45) is 0 Å². The van der Waals surface area contributed by atoms with E-state index in [1.165, 1.54) is 36.4 Å². The van der Waals surface area contributed by atoms with E-state index < -0.39 is 59.4 Å². The van der Waals surface area contributed by atoms with Gasteiger partial charge in [-0.15, -0.1) is 0 Å². The van der Waals surface area contributed by atoms with Crippen molar-refractivity contribution in [2.45, 2.75) is 23.6 Å². The van der Waals surface area contributed by atoms with Gasteiger partial charge in [-0.25, -0.2) is 4.79 Å². The molecule has 0 atom stereocenters. The van der Waals surface area contributed by atoms with Gasteiger partial charge in [0.15, 0.2) is 0 Å². The molecule has 0 saturated carbocycles. The number of phenolic OH excluding ortho intramolecular Hbond substituents is 2. The summed E-state index contributed by atoms with van der Waals surface area (Å²) in [5.41, 5.74) is 1.57. The lowest BCUT2D eigenvalue weighted by Crippen LogP contribution is -2.21. The van der Waals surface area contributed by atoms with Crippen molar-refractivity contribution in [3.63, 3.8) is 0 Å². The number of aromatic hydroxyl groups is 2. The number of phenols is 2. The van der Waals surface area contributed by atoms with Gasteiger partial charge in [-0.1, -0.05) is 60.7 Å². The first-order valence-corrected chi connectivity index (χ1v) is 18.7. The second-order valence-corrected chi connectivity index (χ2v) is 14.9. The van der Waals surface area contributed by atoms with E-state index in [0.717, 1.165) is 12.1 Å². The largest absolute Gasteiger partial charge is 0.506 e. The molecule has 0 radical (unpaired) electrons. The molecule has 6 aromatic rings. The van der Waals surface area contributed by atoms with Crippen molar-refractivity contribution in [3.05, 3.63) is 119 Å². The van der Waals surface area contributed by atoms with Crippen LogP contribution in [0.15, 0.2) is 107 Å². The molecule has 0 aliphatic heterocycles. The summed E-state index contributed by atoms with van der Waals surface area (Å²) < 4.78 is 67.2. The molecule has 0 bridgehead atoms. The second kappa shape index (κ2) is 14.1. The standard InChI is InChI=1S/C37H30N4O11S2/c1-19-11-13-21(15-27(19)35(44)40-29-17-31(53(47,48)49)33(42)25-9-5-3-7-23(25)29)38-37(46)39-22-14-12-20(2)28(16-22)36(45)41-30-18-32(54(50,51)52)34(43)26-10-6-4-8-24(26)30/h3-18,42-43H,1-2H3,(H,40,44)(H,41,45)(H2,38,39,46)(H,47,48,49)(H,50,51,52). The average molecular weight is 771 g/mol. The van der Waals surface area contributed by atoms with Crippen LogP contribution in [-0.4, -0.2) is 54.0 Å². The SMILES string of the molecule is Cc1ccc(NC(=O)Nc2ccc(C)c(C(=O)Nc3cc(S(=O)(=O)O)c(O)c4ccccc34)c2)cc1C(=O)Nc1cc(S(=O)(=O)O)c(O)c2ccccc12. The molecule has 0 aromatic heterocycles. The van der Waals surface area contributed by atoms with Gasteiger partial charge in [0.1, 0.15) is 21.3 Å². The number of carbonyl (C=O) groups is 3. The molecule has 276 valence electrons. The molecule has 0 unspecified atom stereocenters. The monoisotopic (exact) mass is 770 g/mol. The van der Waals surface area contributed by atoms with Gasteiger partial charge in [0.2, 0.25) is 0 Å². The van der Waals surface area contributed by atoms with Crippen molar-refractivity contribution in [1.29, 1.82) is 0 Å². The Morgan fingerprint density at radius 3 is 1.20 bits per heavy atom. The maximum absolute atomic E-state index is 13.5. The van der Waals surface area contributed by atoms with Crippen LogP contribution in [0.3, 0.4) is 0 Å². The van der Waals surface area contributed by atoms with Crippen LogP contribution in [0.2, 0.25) is 0 Å². The van der Waals surface area contributed by atoms with Crippen LogP contribution in [0.1, 0.15) is 31.8 Å². The molecule has 15 nitrogen and oxygen atoms in total. The number of urea groups is 1. The van der Waals surface area contributed by atoms with Crippen LogP contribution in [0.5, 0.6) is 11.5 Å². The van der Waals surface area contributed by atoms with E-state index in [4.69, 9.17) is 0 Å². The van der Waals surface area contributed by atoms with Gasteiger partial charge < -0.3 is 31.5 Å². The third-order valence-corrected chi connectivity index (χ3v) is 10.2. The summed E-state index contributed by atoms with van der Waals surface area (Å²) in [5.74, 6) is -2.73. The molecule has 0 fully saturated rings. The zero-order chi connectivity index (χ0) is 39.1. The number of amides is 4. The maximum atomic E-state index is 13.5. The Kier molecular flexibility index (Phi) is 9.74. The van der Waals surface area contributed by atoms with E-state index in [1.54, 1.807) is 62.4 Å². The highest BCUT2D eigenvalue weighted by molar-refractivity contribution is 7.86. The van der Waals surface area contributed by atoms with Gasteiger partial charge in [-0.05, 0) is 61.4 Å². The molecular weight excluding hydrogens is 741 g/mol. The second-order valence-electron chi connectivity index (χ2n) is 12.1. The Bertz CT molecular complexity index is 2600. The third-order valence-electron chi connectivity index (χ3n) is 8.49. The molecule has 0 aliphatic carbocycles. The predicted molar refractivity (Wildman–Crippen MR) is 202 cm³/mol. The summed E-state index contributed by atoms with van der Waals surface area (Å²) in [7, 11) is -9.71. The van der Waals surface area contributed by atoms with E-state index >= 15 is 0 Å². The lowest BCUT2D eigenvalue weighted by Gasteiger charge is -2.15. The van der Waals surface area contributed by atoms with Crippen LogP contribution in [0.4, 0.5) is 27.5 Å². The lowest BCUT2D eigenvalue weighted by atomic mass is 10.0.